The normalized spacial score (nSPS) is 11.5. The van der Waals surface area contributed by atoms with Crippen molar-refractivity contribution in [3.8, 4) is 5.75 Å². The summed E-state index contributed by atoms with van der Waals surface area (Å²) in [4.78, 5) is 28.4. The number of nitrogens with zero attached hydrogens (tertiary/aromatic N) is 1. The Morgan fingerprint density at radius 2 is 1.54 bits per heavy atom. The van der Waals surface area contributed by atoms with E-state index in [0.717, 1.165) is 30.4 Å². The molecule has 1 unspecified atom stereocenters. The molecule has 0 fully saturated rings. The van der Waals surface area contributed by atoms with Crippen molar-refractivity contribution in [2.45, 2.75) is 45.2 Å². The number of halogens is 1. The molecule has 35 heavy (non-hydrogen) atoms. The summed E-state index contributed by atoms with van der Waals surface area (Å²) in [6.07, 6.45) is 3.31. The molecule has 0 aromatic heterocycles. The predicted octanol–water partition coefficient (Wildman–Crippen LogP) is 5.15. The lowest BCUT2D eigenvalue weighted by Crippen LogP contribution is -2.51. The minimum Gasteiger partial charge on any atom is -0.484 e. The van der Waals surface area contributed by atoms with Gasteiger partial charge in [-0.25, -0.2) is 4.39 Å². The zero-order valence-corrected chi connectivity index (χ0v) is 20.2. The van der Waals surface area contributed by atoms with Crippen LogP contribution in [0.25, 0.3) is 0 Å². The summed E-state index contributed by atoms with van der Waals surface area (Å²) in [7, 11) is 0. The predicted molar refractivity (Wildman–Crippen MR) is 135 cm³/mol. The molecule has 0 heterocycles. The highest BCUT2D eigenvalue weighted by Gasteiger charge is 2.30. The number of carbonyl (C=O) groups is 2. The van der Waals surface area contributed by atoms with Crippen molar-refractivity contribution in [2.75, 3.05) is 13.2 Å². The summed E-state index contributed by atoms with van der Waals surface area (Å²) in [5, 5.41) is 3.01. The highest BCUT2D eigenvalue weighted by molar-refractivity contribution is 5.88. The van der Waals surface area contributed by atoms with Crippen molar-refractivity contribution >= 4 is 11.8 Å². The van der Waals surface area contributed by atoms with E-state index >= 15 is 0 Å². The first-order valence-corrected chi connectivity index (χ1v) is 12.1. The van der Waals surface area contributed by atoms with Gasteiger partial charge in [0.15, 0.2) is 6.61 Å². The third-order valence-corrected chi connectivity index (χ3v) is 5.72. The Bertz CT molecular complexity index is 1040. The number of carbonyl (C=O) groups excluding carboxylic acids is 2. The van der Waals surface area contributed by atoms with E-state index in [-0.39, 0.29) is 30.8 Å². The van der Waals surface area contributed by atoms with Gasteiger partial charge in [-0.2, -0.15) is 0 Å². The molecular formula is C29H33FN2O3. The van der Waals surface area contributed by atoms with Gasteiger partial charge >= 0.3 is 0 Å². The number of unbranched alkanes of at least 4 members (excludes halogenated alkanes) is 2. The topological polar surface area (TPSA) is 58.6 Å². The van der Waals surface area contributed by atoms with Gasteiger partial charge in [-0.15, -0.1) is 0 Å². The van der Waals surface area contributed by atoms with Gasteiger partial charge in [-0.05, 0) is 41.8 Å². The number of rotatable bonds is 13. The zero-order valence-electron chi connectivity index (χ0n) is 20.2. The number of nitrogens with one attached hydrogen (secondary N) is 1. The first-order valence-electron chi connectivity index (χ1n) is 12.1. The molecule has 2 amide bonds. The molecule has 5 nitrogen and oxygen atoms in total. The maximum Gasteiger partial charge on any atom is 0.261 e. The molecule has 1 atom stereocenters. The van der Waals surface area contributed by atoms with Crippen LogP contribution in [0.15, 0.2) is 84.9 Å². The molecule has 3 aromatic rings. The molecule has 0 saturated heterocycles. The van der Waals surface area contributed by atoms with Crippen LogP contribution in [-0.4, -0.2) is 35.9 Å². The van der Waals surface area contributed by atoms with Crippen molar-refractivity contribution in [1.82, 2.24) is 10.2 Å². The number of para-hydroxylation sites is 1. The van der Waals surface area contributed by atoms with Gasteiger partial charge in [-0.3, -0.25) is 9.59 Å². The van der Waals surface area contributed by atoms with E-state index in [0.29, 0.717) is 18.7 Å². The van der Waals surface area contributed by atoms with E-state index < -0.39 is 6.04 Å². The molecule has 184 valence electrons. The fraction of sp³-hybridized carbons (Fsp3) is 0.310. The zero-order chi connectivity index (χ0) is 24.9. The molecule has 0 saturated carbocycles. The SMILES string of the molecule is CCCCCNC(=O)C(Cc1ccccc1)N(Cc1ccc(F)cc1)C(=O)COc1ccccc1. The quantitative estimate of drug-likeness (QED) is 0.347. The highest BCUT2D eigenvalue weighted by atomic mass is 19.1. The number of benzene rings is 3. The number of amides is 2. The third kappa shape index (κ3) is 8.56. The van der Waals surface area contributed by atoms with E-state index in [9.17, 15) is 14.0 Å². The number of ether oxygens (including phenoxy) is 1. The average molecular weight is 477 g/mol. The van der Waals surface area contributed by atoms with Crippen LogP contribution >= 0.6 is 0 Å². The molecule has 1 N–H and O–H groups in total. The van der Waals surface area contributed by atoms with E-state index in [1.54, 1.807) is 29.2 Å². The maximum absolute atomic E-state index is 13.5. The number of hydrogen-bond donors (Lipinski definition) is 1. The van der Waals surface area contributed by atoms with Crippen molar-refractivity contribution in [2.24, 2.45) is 0 Å². The van der Waals surface area contributed by atoms with Crippen LogP contribution in [0.4, 0.5) is 4.39 Å². The molecule has 0 spiro atoms. The second-order valence-electron chi connectivity index (χ2n) is 8.45. The second-order valence-corrected chi connectivity index (χ2v) is 8.45. The fourth-order valence-corrected chi connectivity index (χ4v) is 3.79. The first-order chi connectivity index (χ1) is 17.1. The molecular weight excluding hydrogens is 443 g/mol. The minimum absolute atomic E-state index is 0.164. The monoisotopic (exact) mass is 476 g/mol. The van der Waals surface area contributed by atoms with Crippen LogP contribution in [0.1, 0.15) is 37.3 Å². The summed E-state index contributed by atoms with van der Waals surface area (Å²) in [6.45, 7) is 2.61. The Morgan fingerprint density at radius 1 is 0.886 bits per heavy atom. The van der Waals surface area contributed by atoms with Gasteiger partial charge in [0.05, 0.1) is 0 Å². The highest BCUT2D eigenvalue weighted by Crippen LogP contribution is 2.16. The van der Waals surface area contributed by atoms with Crippen LogP contribution in [0.5, 0.6) is 5.75 Å². The summed E-state index contributed by atoms with van der Waals surface area (Å²) < 4.78 is 19.2. The lowest BCUT2D eigenvalue weighted by atomic mass is 10.0. The Labute approximate surface area is 206 Å². The van der Waals surface area contributed by atoms with E-state index in [4.69, 9.17) is 4.74 Å². The van der Waals surface area contributed by atoms with E-state index in [1.165, 1.54) is 12.1 Å². The smallest absolute Gasteiger partial charge is 0.261 e. The van der Waals surface area contributed by atoms with Crippen LogP contribution < -0.4 is 10.1 Å². The molecule has 0 bridgehead atoms. The van der Waals surface area contributed by atoms with Gasteiger partial charge < -0.3 is 15.0 Å². The summed E-state index contributed by atoms with van der Waals surface area (Å²) in [5.74, 6) is -0.303. The molecule has 0 aliphatic rings. The summed E-state index contributed by atoms with van der Waals surface area (Å²) in [6, 6.07) is 23.9. The second kappa shape index (κ2) is 13.9. The Hall–Kier alpha value is -3.67. The molecule has 0 radical (unpaired) electrons. The third-order valence-electron chi connectivity index (χ3n) is 5.72. The summed E-state index contributed by atoms with van der Waals surface area (Å²) in [5.41, 5.74) is 1.68. The largest absolute Gasteiger partial charge is 0.484 e. The van der Waals surface area contributed by atoms with Crippen LogP contribution in [0, 0.1) is 5.82 Å². The van der Waals surface area contributed by atoms with Crippen molar-refractivity contribution < 1.29 is 18.7 Å². The lowest BCUT2D eigenvalue weighted by Gasteiger charge is -2.31. The van der Waals surface area contributed by atoms with Crippen molar-refractivity contribution in [3.63, 3.8) is 0 Å². The first kappa shape index (κ1) is 25.9. The Balaban J connectivity index is 1.85. The standard InChI is InChI=1S/C29H33FN2O3/c1-2-3-10-19-31-29(34)27(20-23-11-6-4-7-12-23)32(21-24-15-17-25(30)18-16-24)28(33)22-35-26-13-8-5-9-14-26/h4-9,11-18,27H,2-3,10,19-22H2,1H3,(H,31,34). The average Bonchev–Trinajstić information content (AvgIpc) is 2.89. The molecule has 3 aromatic carbocycles. The van der Waals surface area contributed by atoms with Gasteiger partial charge in [0, 0.05) is 19.5 Å². The van der Waals surface area contributed by atoms with Crippen LogP contribution in [-0.2, 0) is 22.6 Å². The Morgan fingerprint density at radius 3 is 2.20 bits per heavy atom. The van der Waals surface area contributed by atoms with Crippen LogP contribution in [0.3, 0.4) is 0 Å². The summed E-state index contributed by atoms with van der Waals surface area (Å²) >= 11 is 0. The van der Waals surface area contributed by atoms with Gasteiger partial charge in [0.2, 0.25) is 5.91 Å². The minimum atomic E-state index is -0.740. The fourth-order valence-electron chi connectivity index (χ4n) is 3.79. The van der Waals surface area contributed by atoms with Gasteiger partial charge in [0.1, 0.15) is 17.6 Å². The molecule has 0 aliphatic heterocycles. The molecule has 3 rings (SSSR count). The van der Waals surface area contributed by atoms with Gasteiger partial charge in [0.25, 0.3) is 5.91 Å². The van der Waals surface area contributed by atoms with Crippen molar-refractivity contribution in [3.05, 3.63) is 102 Å². The van der Waals surface area contributed by atoms with E-state index in [2.05, 4.69) is 12.2 Å². The van der Waals surface area contributed by atoms with Gasteiger partial charge in [-0.1, -0.05) is 80.4 Å². The Kier molecular flexibility index (Phi) is 10.3. The van der Waals surface area contributed by atoms with E-state index in [1.807, 2.05) is 48.5 Å². The molecule has 6 heteroatoms. The lowest BCUT2D eigenvalue weighted by molar-refractivity contribution is -0.142. The maximum atomic E-state index is 13.5. The number of hydrogen-bond acceptors (Lipinski definition) is 3. The van der Waals surface area contributed by atoms with Crippen molar-refractivity contribution in [1.29, 1.82) is 0 Å². The molecule has 0 aliphatic carbocycles. The van der Waals surface area contributed by atoms with Crippen LogP contribution in [0.2, 0.25) is 0 Å².